The molecule has 0 aliphatic rings. The molecule has 5 heteroatoms. The van der Waals surface area contributed by atoms with Crippen molar-refractivity contribution in [3.05, 3.63) is 45.5 Å². The monoisotopic (exact) mass is 249 g/mol. The maximum Gasteiger partial charge on any atom is 0.333 e. The van der Waals surface area contributed by atoms with Gasteiger partial charge in [-0.15, -0.1) is 0 Å². The van der Waals surface area contributed by atoms with Crippen LogP contribution in [0.5, 0.6) is 0 Å². The number of hydrogen-bond acceptors (Lipinski definition) is 4. The van der Waals surface area contributed by atoms with Crippen LogP contribution < -0.4 is 0 Å². The van der Waals surface area contributed by atoms with E-state index < -0.39 is 4.92 Å². The van der Waals surface area contributed by atoms with Gasteiger partial charge in [-0.2, -0.15) is 0 Å². The molecule has 5 nitrogen and oxygen atoms in total. The fourth-order valence-corrected chi connectivity index (χ4v) is 1.46. The lowest BCUT2D eigenvalue weighted by Gasteiger charge is -2.04. The Balaban J connectivity index is 3.02. The zero-order valence-electron chi connectivity index (χ0n) is 10.4. The summed E-state index contributed by atoms with van der Waals surface area (Å²) in [6, 6.07) is 6.13. The van der Waals surface area contributed by atoms with Crippen LogP contribution in [-0.4, -0.2) is 17.5 Å². The van der Waals surface area contributed by atoms with Gasteiger partial charge in [-0.1, -0.05) is 19.1 Å². The molecule has 96 valence electrons. The molecule has 1 aromatic rings. The lowest BCUT2D eigenvalue weighted by Crippen LogP contribution is -2.06. The first kappa shape index (κ1) is 13.9. The molecule has 0 aromatic heterocycles. The van der Waals surface area contributed by atoms with Gasteiger partial charge in [0.05, 0.1) is 11.5 Å². The molecule has 0 aliphatic carbocycles. The Kier molecular flexibility index (Phi) is 5.05. The Bertz CT molecular complexity index is 480. The normalized spacial score (nSPS) is 11.1. The number of benzene rings is 1. The van der Waals surface area contributed by atoms with Crippen molar-refractivity contribution in [1.82, 2.24) is 0 Å². The summed E-state index contributed by atoms with van der Waals surface area (Å²) in [5.74, 6) is -0.383. The van der Waals surface area contributed by atoms with Gasteiger partial charge in [-0.3, -0.25) is 10.1 Å². The highest BCUT2D eigenvalue weighted by Crippen LogP contribution is 2.17. The second kappa shape index (κ2) is 6.54. The molecule has 0 amide bonds. The van der Waals surface area contributed by atoms with Crippen molar-refractivity contribution >= 4 is 17.7 Å². The van der Waals surface area contributed by atoms with Crippen LogP contribution in [0.4, 0.5) is 5.69 Å². The number of nitro benzene ring substituents is 1. The van der Waals surface area contributed by atoms with E-state index in [1.54, 1.807) is 25.1 Å². The van der Waals surface area contributed by atoms with Crippen LogP contribution in [0.2, 0.25) is 0 Å². The number of nitro groups is 1. The van der Waals surface area contributed by atoms with Gasteiger partial charge in [0.25, 0.3) is 5.69 Å². The standard InChI is InChI=1S/C13H15NO4/c1-3-11(13(15)18-4-2)8-10-6-5-7-12(9-10)14(16)17/h5-9H,3-4H2,1-2H3. The molecule has 0 fully saturated rings. The molecule has 0 spiro atoms. The molecule has 1 rings (SSSR count). The number of rotatable bonds is 5. The number of non-ortho nitro benzene ring substituents is 1. The van der Waals surface area contributed by atoms with Gasteiger partial charge in [-0.25, -0.2) is 4.79 Å². The third kappa shape index (κ3) is 3.69. The van der Waals surface area contributed by atoms with Gasteiger partial charge in [-0.05, 0) is 25.0 Å². The van der Waals surface area contributed by atoms with E-state index in [2.05, 4.69) is 0 Å². The first-order valence-corrected chi connectivity index (χ1v) is 5.70. The van der Waals surface area contributed by atoms with Crippen molar-refractivity contribution in [2.24, 2.45) is 0 Å². The Labute approximate surface area is 105 Å². The van der Waals surface area contributed by atoms with E-state index in [0.717, 1.165) is 0 Å². The summed E-state index contributed by atoms with van der Waals surface area (Å²) in [6.07, 6.45) is 2.13. The topological polar surface area (TPSA) is 69.4 Å². The Morgan fingerprint density at radius 2 is 2.17 bits per heavy atom. The average Bonchev–Trinajstić information content (AvgIpc) is 2.36. The lowest BCUT2D eigenvalue weighted by atomic mass is 10.1. The first-order chi connectivity index (χ1) is 8.58. The highest BCUT2D eigenvalue weighted by atomic mass is 16.6. The van der Waals surface area contributed by atoms with Crippen LogP contribution in [-0.2, 0) is 9.53 Å². The molecule has 0 heterocycles. The molecule has 0 bridgehead atoms. The zero-order valence-corrected chi connectivity index (χ0v) is 10.4. The predicted molar refractivity (Wildman–Crippen MR) is 68.0 cm³/mol. The maximum atomic E-state index is 11.6. The number of carbonyl (C=O) groups excluding carboxylic acids is 1. The largest absolute Gasteiger partial charge is 0.463 e. The van der Waals surface area contributed by atoms with Crippen LogP contribution in [0, 0.1) is 10.1 Å². The van der Waals surface area contributed by atoms with E-state index in [1.807, 2.05) is 6.92 Å². The minimum Gasteiger partial charge on any atom is -0.463 e. The van der Waals surface area contributed by atoms with Crippen molar-refractivity contribution < 1.29 is 14.5 Å². The van der Waals surface area contributed by atoms with E-state index in [-0.39, 0.29) is 11.7 Å². The van der Waals surface area contributed by atoms with Crippen LogP contribution in [0.1, 0.15) is 25.8 Å². The van der Waals surface area contributed by atoms with E-state index in [4.69, 9.17) is 4.74 Å². The quantitative estimate of drug-likeness (QED) is 0.348. The van der Waals surface area contributed by atoms with E-state index in [1.165, 1.54) is 12.1 Å². The summed E-state index contributed by atoms with van der Waals surface area (Å²) in [7, 11) is 0. The smallest absolute Gasteiger partial charge is 0.333 e. The molecule has 1 aromatic carbocycles. The van der Waals surface area contributed by atoms with Crippen molar-refractivity contribution in [2.75, 3.05) is 6.61 Å². The molecule has 0 N–H and O–H groups in total. The fourth-order valence-electron chi connectivity index (χ4n) is 1.46. The molecule has 0 aliphatic heterocycles. The third-order valence-corrected chi connectivity index (χ3v) is 2.34. The van der Waals surface area contributed by atoms with Gasteiger partial charge < -0.3 is 4.74 Å². The summed E-state index contributed by atoms with van der Waals surface area (Å²) in [4.78, 5) is 21.7. The minimum atomic E-state index is -0.465. The highest BCUT2D eigenvalue weighted by molar-refractivity contribution is 5.93. The number of esters is 1. The van der Waals surface area contributed by atoms with Crippen LogP contribution >= 0.6 is 0 Å². The van der Waals surface area contributed by atoms with E-state index >= 15 is 0 Å². The summed E-state index contributed by atoms with van der Waals surface area (Å²) < 4.78 is 4.90. The second-order valence-corrected chi connectivity index (χ2v) is 3.60. The second-order valence-electron chi connectivity index (χ2n) is 3.60. The third-order valence-electron chi connectivity index (χ3n) is 2.34. The number of ether oxygens (including phenoxy) is 1. The lowest BCUT2D eigenvalue weighted by molar-refractivity contribution is -0.384. The molecule has 0 saturated heterocycles. The molecule has 18 heavy (non-hydrogen) atoms. The summed E-state index contributed by atoms with van der Waals surface area (Å²) in [6.45, 7) is 3.88. The Morgan fingerprint density at radius 1 is 1.44 bits per heavy atom. The van der Waals surface area contributed by atoms with Gasteiger partial charge in [0.2, 0.25) is 0 Å². The minimum absolute atomic E-state index is 0.00284. The van der Waals surface area contributed by atoms with Gasteiger partial charge in [0.15, 0.2) is 0 Å². The van der Waals surface area contributed by atoms with Crippen LogP contribution in [0.3, 0.4) is 0 Å². The molecular formula is C13H15NO4. The Hall–Kier alpha value is -2.17. The summed E-state index contributed by atoms with van der Waals surface area (Å²) in [5.41, 5.74) is 1.12. The first-order valence-electron chi connectivity index (χ1n) is 5.70. The van der Waals surface area contributed by atoms with Crippen LogP contribution in [0.15, 0.2) is 29.8 Å². The van der Waals surface area contributed by atoms with Crippen molar-refractivity contribution in [1.29, 1.82) is 0 Å². The molecule has 0 saturated carbocycles. The number of hydrogen-bond donors (Lipinski definition) is 0. The fraction of sp³-hybridized carbons (Fsp3) is 0.308. The van der Waals surface area contributed by atoms with E-state index in [0.29, 0.717) is 24.2 Å². The maximum absolute atomic E-state index is 11.6. The van der Waals surface area contributed by atoms with Gasteiger partial charge >= 0.3 is 5.97 Å². The van der Waals surface area contributed by atoms with Gasteiger partial charge in [0.1, 0.15) is 0 Å². The summed E-state index contributed by atoms with van der Waals surface area (Å²) in [5, 5.41) is 10.6. The predicted octanol–water partition coefficient (Wildman–Crippen LogP) is 2.95. The zero-order chi connectivity index (χ0) is 13.5. The highest BCUT2D eigenvalue weighted by Gasteiger charge is 2.10. The van der Waals surface area contributed by atoms with Crippen LogP contribution in [0.25, 0.3) is 6.08 Å². The molecule has 0 unspecified atom stereocenters. The number of nitrogens with zero attached hydrogens (tertiary/aromatic N) is 1. The van der Waals surface area contributed by atoms with Crippen molar-refractivity contribution in [3.8, 4) is 0 Å². The molecule has 0 radical (unpaired) electrons. The summed E-state index contributed by atoms with van der Waals surface area (Å²) >= 11 is 0. The molecule has 0 atom stereocenters. The van der Waals surface area contributed by atoms with E-state index in [9.17, 15) is 14.9 Å². The van der Waals surface area contributed by atoms with Gasteiger partial charge in [0, 0.05) is 17.7 Å². The molecular weight excluding hydrogens is 234 g/mol. The Morgan fingerprint density at radius 3 is 2.72 bits per heavy atom. The SMILES string of the molecule is CCOC(=O)C(=Cc1cccc([N+](=O)[O-])c1)CC. The average molecular weight is 249 g/mol. The van der Waals surface area contributed by atoms with Crippen molar-refractivity contribution in [2.45, 2.75) is 20.3 Å². The number of carbonyl (C=O) groups is 1. The van der Waals surface area contributed by atoms with Crippen molar-refractivity contribution in [3.63, 3.8) is 0 Å².